The van der Waals surface area contributed by atoms with Crippen molar-refractivity contribution in [3.8, 4) is 16.9 Å². The number of carbonyl (C=O) groups is 1. The predicted octanol–water partition coefficient (Wildman–Crippen LogP) is 5.06. The van der Waals surface area contributed by atoms with Crippen molar-refractivity contribution in [1.82, 2.24) is 0 Å². The van der Waals surface area contributed by atoms with Gasteiger partial charge in [0.1, 0.15) is 5.75 Å². The van der Waals surface area contributed by atoms with E-state index in [0.29, 0.717) is 6.42 Å². The van der Waals surface area contributed by atoms with Gasteiger partial charge in [0.25, 0.3) is 0 Å². The molecule has 22 heavy (non-hydrogen) atoms. The SMILES string of the molecule is CCC(=O)OC(C)C.Oc1ccc(-c2cccc(Cl)c2)cc1. The molecule has 0 aliphatic rings. The summed E-state index contributed by atoms with van der Waals surface area (Å²) in [6.07, 6.45) is 0.500. The van der Waals surface area contributed by atoms with E-state index < -0.39 is 0 Å². The molecule has 0 heterocycles. The Balaban J connectivity index is 0.000000261. The van der Waals surface area contributed by atoms with Crippen LogP contribution in [0.1, 0.15) is 27.2 Å². The van der Waals surface area contributed by atoms with Crippen molar-refractivity contribution in [1.29, 1.82) is 0 Å². The maximum atomic E-state index is 10.4. The summed E-state index contributed by atoms with van der Waals surface area (Å²) in [7, 11) is 0. The second kappa shape index (κ2) is 9.11. The number of hydrogen-bond donors (Lipinski definition) is 1. The number of phenols is 1. The fraction of sp³-hybridized carbons (Fsp3) is 0.278. The van der Waals surface area contributed by atoms with Crippen molar-refractivity contribution in [3.63, 3.8) is 0 Å². The van der Waals surface area contributed by atoms with Crippen LogP contribution in [-0.2, 0) is 9.53 Å². The Morgan fingerprint density at radius 1 is 1.14 bits per heavy atom. The lowest BCUT2D eigenvalue weighted by Gasteiger charge is -2.04. The number of halogens is 1. The van der Waals surface area contributed by atoms with Gasteiger partial charge in [0, 0.05) is 11.4 Å². The number of esters is 1. The monoisotopic (exact) mass is 320 g/mol. The molecule has 0 aliphatic heterocycles. The van der Waals surface area contributed by atoms with Gasteiger partial charge in [-0.3, -0.25) is 4.79 Å². The van der Waals surface area contributed by atoms with Gasteiger partial charge in [-0.1, -0.05) is 42.8 Å². The normalized spacial score (nSPS) is 9.86. The van der Waals surface area contributed by atoms with Gasteiger partial charge in [-0.2, -0.15) is 0 Å². The van der Waals surface area contributed by atoms with E-state index >= 15 is 0 Å². The zero-order valence-electron chi connectivity index (χ0n) is 13.0. The van der Waals surface area contributed by atoms with Crippen LogP contribution in [0.15, 0.2) is 48.5 Å². The summed E-state index contributed by atoms with van der Waals surface area (Å²) in [4.78, 5) is 10.4. The van der Waals surface area contributed by atoms with E-state index in [9.17, 15) is 4.79 Å². The molecule has 118 valence electrons. The summed E-state index contributed by atoms with van der Waals surface area (Å²) < 4.78 is 4.76. The van der Waals surface area contributed by atoms with Gasteiger partial charge in [0.2, 0.25) is 0 Å². The maximum absolute atomic E-state index is 10.4. The van der Waals surface area contributed by atoms with E-state index in [1.54, 1.807) is 19.1 Å². The minimum absolute atomic E-state index is 0.0300. The van der Waals surface area contributed by atoms with Gasteiger partial charge in [-0.05, 0) is 49.2 Å². The Labute approximate surface area is 136 Å². The molecule has 0 aliphatic carbocycles. The van der Waals surface area contributed by atoms with E-state index in [2.05, 4.69) is 0 Å². The van der Waals surface area contributed by atoms with Crippen molar-refractivity contribution in [3.05, 3.63) is 53.6 Å². The zero-order chi connectivity index (χ0) is 16.5. The number of hydrogen-bond acceptors (Lipinski definition) is 3. The Morgan fingerprint density at radius 3 is 2.23 bits per heavy atom. The Morgan fingerprint density at radius 2 is 1.77 bits per heavy atom. The minimum atomic E-state index is -0.125. The molecule has 0 amide bonds. The third kappa shape index (κ3) is 6.64. The summed E-state index contributed by atoms with van der Waals surface area (Å²) in [6.45, 7) is 5.46. The molecule has 0 radical (unpaired) electrons. The van der Waals surface area contributed by atoms with Crippen LogP contribution in [0.2, 0.25) is 5.02 Å². The van der Waals surface area contributed by atoms with Gasteiger partial charge in [0.05, 0.1) is 6.10 Å². The fourth-order valence-electron chi connectivity index (χ4n) is 1.67. The van der Waals surface area contributed by atoms with Crippen LogP contribution >= 0.6 is 11.6 Å². The first-order valence-electron chi connectivity index (χ1n) is 7.16. The molecule has 0 fully saturated rings. The Hall–Kier alpha value is -2.00. The molecule has 1 N–H and O–H groups in total. The van der Waals surface area contributed by atoms with Crippen molar-refractivity contribution < 1.29 is 14.6 Å². The predicted molar refractivity (Wildman–Crippen MR) is 90.1 cm³/mol. The van der Waals surface area contributed by atoms with Gasteiger partial charge < -0.3 is 9.84 Å². The highest BCUT2D eigenvalue weighted by Crippen LogP contribution is 2.24. The summed E-state index contributed by atoms with van der Waals surface area (Å²) in [5, 5.41) is 9.85. The summed E-state index contributed by atoms with van der Waals surface area (Å²) in [5.41, 5.74) is 2.10. The first kappa shape index (κ1) is 18.1. The topological polar surface area (TPSA) is 46.5 Å². The highest BCUT2D eigenvalue weighted by molar-refractivity contribution is 6.30. The molecule has 0 saturated carbocycles. The van der Waals surface area contributed by atoms with Gasteiger partial charge in [0.15, 0.2) is 0 Å². The lowest BCUT2D eigenvalue weighted by molar-refractivity contribution is -0.146. The highest BCUT2D eigenvalue weighted by atomic mass is 35.5. The first-order valence-corrected chi connectivity index (χ1v) is 7.54. The molecule has 3 nitrogen and oxygen atoms in total. The van der Waals surface area contributed by atoms with Gasteiger partial charge in [-0.25, -0.2) is 0 Å². The number of aromatic hydroxyl groups is 1. The zero-order valence-corrected chi connectivity index (χ0v) is 13.8. The largest absolute Gasteiger partial charge is 0.508 e. The lowest BCUT2D eigenvalue weighted by Crippen LogP contribution is -2.09. The van der Waals surface area contributed by atoms with E-state index in [0.717, 1.165) is 16.1 Å². The van der Waals surface area contributed by atoms with Crippen LogP contribution < -0.4 is 0 Å². The number of ether oxygens (including phenoxy) is 1. The van der Waals surface area contributed by atoms with Gasteiger partial charge in [-0.15, -0.1) is 0 Å². The lowest BCUT2D eigenvalue weighted by atomic mass is 10.1. The minimum Gasteiger partial charge on any atom is -0.508 e. The molecule has 0 unspecified atom stereocenters. The standard InChI is InChI=1S/C12H9ClO.C6H12O2/c13-11-3-1-2-10(8-11)9-4-6-12(14)7-5-9;1-4-6(7)8-5(2)3/h1-8,14H;5H,4H2,1-3H3. The number of phenolic OH excluding ortho intramolecular Hbond substituents is 1. The van der Waals surface area contributed by atoms with E-state index in [1.165, 1.54) is 0 Å². The van der Waals surface area contributed by atoms with Crippen LogP contribution in [0, 0.1) is 0 Å². The average molecular weight is 321 g/mol. The van der Waals surface area contributed by atoms with Crippen LogP contribution in [-0.4, -0.2) is 17.2 Å². The van der Waals surface area contributed by atoms with E-state index in [1.807, 2.05) is 50.2 Å². The molecule has 2 aromatic carbocycles. The highest BCUT2D eigenvalue weighted by Gasteiger charge is 1.99. The maximum Gasteiger partial charge on any atom is 0.305 e. The molecule has 4 heteroatoms. The molecular weight excluding hydrogens is 300 g/mol. The summed E-state index contributed by atoms with van der Waals surface area (Å²) in [5.74, 6) is 0.149. The number of carbonyl (C=O) groups excluding carboxylic acids is 1. The molecule has 2 aromatic rings. The van der Waals surface area contributed by atoms with Crippen LogP contribution in [0.5, 0.6) is 5.75 Å². The van der Waals surface area contributed by atoms with Crippen molar-refractivity contribution >= 4 is 17.6 Å². The second-order valence-corrected chi connectivity index (χ2v) is 5.39. The number of benzene rings is 2. The van der Waals surface area contributed by atoms with Gasteiger partial charge >= 0.3 is 5.97 Å². The molecule has 0 atom stereocenters. The van der Waals surface area contributed by atoms with Crippen LogP contribution in [0.4, 0.5) is 0 Å². The molecular formula is C18H21ClO3. The fourth-order valence-corrected chi connectivity index (χ4v) is 1.86. The third-order valence-corrected chi connectivity index (χ3v) is 2.92. The Bertz CT molecular complexity index is 592. The summed E-state index contributed by atoms with van der Waals surface area (Å²) >= 11 is 5.88. The Kier molecular flexibility index (Phi) is 7.47. The molecule has 2 rings (SSSR count). The molecule has 0 spiro atoms. The smallest absolute Gasteiger partial charge is 0.305 e. The van der Waals surface area contributed by atoms with Crippen LogP contribution in [0.25, 0.3) is 11.1 Å². The number of rotatable bonds is 3. The third-order valence-electron chi connectivity index (χ3n) is 2.68. The quantitative estimate of drug-likeness (QED) is 0.804. The molecule has 0 aromatic heterocycles. The second-order valence-electron chi connectivity index (χ2n) is 4.95. The van der Waals surface area contributed by atoms with E-state index in [4.69, 9.17) is 21.4 Å². The summed E-state index contributed by atoms with van der Waals surface area (Å²) in [6, 6.07) is 14.7. The van der Waals surface area contributed by atoms with Crippen molar-refractivity contribution in [2.45, 2.75) is 33.3 Å². The van der Waals surface area contributed by atoms with E-state index in [-0.39, 0.29) is 17.8 Å². The van der Waals surface area contributed by atoms with Crippen molar-refractivity contribution in [2.75, 3.05) is 0 Å². The molecule has 0 bridgehead atoms. The van der Waals surface area contributed by atoms with Crippen molar-refractivity contribution in [2.24, 2.45) is 0 Å². The van der Waals surface area contributed by atoms with Crippen LogP contribution in [0.3, 0.4) is 0 Å². The average Bonchev–Trinajstić information content (AvgIpc) is 2.48. The first-order chi connectivity index (χ1) is 10.4. The molecule has 0 saturated heterocycles.